The molecule has 35 heavy (non-hydrogen) atoms. The van der Waals surface area contributed by atoms with Crippen LogP contribution >= 0.6 is 0 Å². The summed E-state index contributed by atoms with van der Waals surface area (Å²) in [5, 5.41) is 11.2. The molecule has 188 valence electrons. The fourth-order valence-electron chi connectivity index (χ4n) is 4.01. The van der Waals surface area contributed by atoms with Gasteiger partial charge in [-0.05, 0) is 76.8 Å². The first kappa shape index (κ1) is 26.1. The van der Waals surface area contributed by atoms with Crippen LogP contribution in [0, 0.1) is 0 Å². The van der Waals surface area contributed by atoms with E-state index >= 15 is 0 Å². The maximum absolute atomic E-state index is 13.2. The van der Waals surface area contributed by atoms with Crippen molar-refractivity contribution in [3.63, 3.8) is 0 Å². The van der Waals surface area contributed by atoms with Crippen LogP contribution in [-0.4, -0.2) is 73.6 Å². The molecule has 1 fully saturated rings. The number of aliphatic hydroxyl groups is 1. The maximum Gasteiger partial charge on any atom is 0.295 e. The Kier molecular flexibility index (Phi) is 8.40. The fourth-order valence-corrected chi connectivity index (χ4v) is 4.01. The van der Waals surface area contributed by atoms with Crippen molar-refractivity contribution in [3.8, 4) is 17.2 Å². The van der Waals surface area contributed by atoms with Gasteiger partial charge in [0.1, 0.15) is 11.5 Å². The number of ether oxygens (including phenoxy) is 3. The number of hydrogen-bond donors (Lipinski definition) is 1. The Morgan fingerprint density at radius 2 is 1.77 bits per heavy atom. The van der Waals surface area contributed by atoms with Crippen molar-refractivity contribution in [3.05, 3.63) is 59.2 Å². The number of likely N-dealkylation sites (N-methyl/N-ethyl adjacent to an activating group) is 1. The number of ketones is 1. The van der Waals surface area contributed by atoms with E-state index < -0.39 is 17.7 Å². The highest BCUT2D eigenvalue weighted by Gasteiger charge is 2.46. The first-order valence-electron chi connectivity index (χ1n) is 11.7. The van der Waals surface area contributed by atoms with E-state index in [1.807, 2.05) is 39.8 Å². The second-order valence-electron chi connectivity index (χ2n) is 8.83. The third-order valence-electron chi connectivity index (χ3n) is 5.63. The quantitative estimate of drug-likeness (QED) is 0.312. The van der Waals surface area contributed by atoms with Gasteiger partial charge in [-0.3, -0.25) is 9.59 Å². The minimum atomic E-state index is -0.772. The van der Waals surface area contributed by atoms with E-state index in [9.17, 15) is 14.7 Å². The highest BCUT2D eigenvalue weighted by molar-refractivity contribution is 6.46. The first-order valence-corrected chi connectivity index (χ1v) is 11.7. The van der Waals surface area contributed by atoms with Crippen LogP contribution in [0.4, 0.5) is 0 Å². The lowest BCUT2D eigenvalue weighted by Gasteiger charge is -2.27. The number of methoxy groups -OCH3 is 1. The van der Waals surface area contributed by atoms with Gasteiger partial charge >= 0.3 is 0 Å². The molecule has 1 atom stereocenters. The van der Waals surface area contributed by atoms with Gasteiger partial charge < -0.3 is 29.1 Å². The number of carbonyl (C=O) groups is 2. The third-order valence-corrected chi connectivity index (χ3v) is 5.63. The molecule has 0 radical (unpaired) electrons. The Bertz CT molecular complexity index is 1090. The first-order chi connectivity index (χ1) is 16.7. The van der Waals surface area contributed by atoms with Crippen LogP contribution in [-0.2, 0) is 9.59 Å². The summed E-state index contributed by atoms with van der Waals surface area (Å²) in [4.78, 5) is 29.7. The van der Waals surface area contributed by atoms with E-state index in [0.29, 0.717) is 48.1 Å². The molecule has 3 rings (SSSR count). The maximum atomic E-state index is 13.2. The lowest BCUT2D eigenvalue weighted by molar-refractivity contribution is -0.140. The average Bonchev–Trinajstić information content (AvgIpc) is 3.07. The second kappa shape index (κ2) is 11.3. The Labute approximate surface area is 206 Å². The number of nitrogens with zero attached hydrogens (tertiary/aromatic N) is 2. The number of aliphatic hydroxyl groups excluding tert-OH is 1. The molecule has 0 aliphatic carbocycles. The minimum absolute atomic E-state index is 0.00566. The Balaban J connectivity index is 2.12. The molecule has 1 aliphatic heterocycles. The molecule has 0 aromatic heterocycles. The Hall–Kier alpha value is -3.52. The highest BCUT2D eigenvalue weighted by atomic mass is 16.5. The standard InChI is InChI=1S/C27H34N2O6/c1-7-34-21-13-10-19(16-22(21)33-6)24-23(26(31)27(32)29(24)15-14-28(4)5)25(30)18-8-11-20(12-9-18)35-17(2)3/h8-13,16-17,24,30H,7,14-15H2,1-6H3/b25-23-. The zero-order valence-electron chi connectivity index (χ0n) is 21.2. The zero-order chi connectivity index (χ0) is 25.7. The molecule has 8 heteroatoms. The summed E-state index contributed by atoms with van der Waals surface area (Å²) in [6.07, 6.45) is 0.00566. The molecular weight excluding hydrogens is 448 g/mol. The number of hydrogen-bond acceptors (Lipinski definition) is 7. The van der Waals surface area contributed by atoms with Crippen molar-refractivity contribution < 1.29 is 28.9 Å². The largest absolute Gasteiger partial charge is 0.507 e. The molecule has 1 N–H and O–H groups in total. The second-order valence-corrected chi connectivity index (χ2v) is 8.83. The van der Waals surface area contributed by atoms with Gasteiger partial charge in [-0.2, -0.15) is 0 Å². The molecule has 2 aromatic carbocycles. The van der Waals surface area contributed by atoms with Crippen molar-refractivity contribution in [2.45, 2.75) is 32.9 Å². The number of likely N-dealkylation sites (tertiary alicyclic amines) is 1. The van der Waals surface area contributed by atoms with Gasteiger partial charge in [-0.25, -0.2) is 0 Å². The van der Waals surface area contributed by atoms with E-state index in [-0.39, 0.29) is 17.4 Å². The van der Waals surface area contributed by atoms with E-state index in [1.54, 1.807) is 42.5 Å². The van der Waals surface area contributed by atoms with Gasteiger partial charge in [0.15, 0.2) is 11.5 Å². The molecule has 0 spiro atoms. The van der Waals surface area contributed by atoms with Gasteiger partial charge in [0.2, 0.25) is 0 Å². The van der Waals surface area contributed by atoms with Crippen molar-refractivity contribution in [1.29, 1.82) is 0 Å². The van der Waals surface area contributed by atoms with Crippen molar-refractivity contribution >= 4 is 17.4 Å². The monoisotopic (exact) mass is 482 g/mol. The van der Waals surface area contributed by atoms with Crippen LogP contribution in [0.25, 0.3) is 5.76 Å². The zero-order valence-corrected chi connectivity index (χ0v) is 21.2. The van der Waals surface area contributed by atoms with E-state index in [4.69, 9.17) is 14.2 Å². The number of Topliss-reactive ketones (excluding diaryl/α,β-unsaturated/α-hetero) is 1. The summed E-state index contributed by atoms with van der Waals surface area (Å²) < 4.78 is 16.8. The smallest absolute Gasteiger partial charge is 0.295 e. The summed E-state index contributed by atoms with van der Waals surface area (Å²) >= 11 is 0. The van der Waals surface area contributed by atoms with Crippen molar-refractivity contribution in [2.24, 2.45) is 0 Å². The summed E-state index contributed by atoms with van der Waals surface area (Å²) in [5.41, 5.74) is 1.11. The summed E-state index contributed by atoms with van der Waals surface area (Å²) in [7, 11) is 5.32. The lowest BCUT2D eigenvalue weighted by Crippen LogP contribution is -2.35. The van der Waals surface area contributed by atoms with Crippen LogP contribution in [0.2, 0.25) is 0 Å². The summed E-state index contributed by atoms with van der Waals surface area (Å²) in [6.45, 7) is 7.06. The van der Waals surface area contributed by atoms with Crippen molar-refractivity contribution in [1.82, 2.24) is 9.80 Å². The van der Waals surface area contributed by atoms with E-state index in [2.05, 4.69) is 0 Å². The Morgan fingerprint density at radius 1 is 1.09 bits per heavy atom. The lowest BCUT2D eigenvalue weighted by atomic mass is 9.95. The predicted octanol–water partition coefficient (Wildman–Crippen LogP) is 3.86. The molecule has 1 amide bonds. The van der Waals surface area contributed by atoms with Gasteiger partial charge in [0.25, 0.3) is 11.7 Å². The van der Waals surface area contributed by atoms with Gasteiger partial charge in [-0.1, -0.05) is 6.07 Å². The molecular formula is C27H34N2O6. The molecule has 8 nitrogen and oxygen atoms in total. The van der Waals surface area contributed by atoms with Crippen LogP contribution in [0.1, 0.15) is 37.9 Å². The van der Waals surface area contributed by atoms with Gasteiger partial charge in [0, 0.05) is 18.7 Å². The number of carbonyl (C=O) groups excluding carboxylic acids is 2. The molecule has 0 bridgehead atoms. The number of benzene rings is 2. The summed E-state index contributed by atoms with van der Waals surface area (Å²) in [5.74, 6) is 0.0931. The highest BCUT2D eigenvalue weighted by Crippen LogP contribution is 2.42. The van der Waals surface area contributed by atoms with Gasteiger partial charge in [0.05, 0.1) is 31.4 Å². The normalized spacial score (nSPS) is 17.4. The summed E-state index contributed by atoms with van der Waals surface area (Å²) in [6, 6.07) is 11.3. The molecule has 0 saturated carbocycles. The minimum Gasteiger partial charge on any atom is -0.507 e. The van der Waals surface area contributed by atoms with E-state index in [1.165, 1.54) is 12.0 Å². The molecule has 1 saturated heterocycles. The number of rotatable bonds is 10. The third kappa shape index (κ3) is 5.77. The van der Waals surface area contributed by atoms with Crippen molar-refractivity contribution in [2.75, 3.05) is 40.9 Å². The molecule has 1 aliphatic rings. The van der Waals surface area contributed by atoms with Gasteiger partial charge in [-0.15, -0.1) is 0 Å². The molecule has 1 unspecified atom stereocenters. The van der Waals surface area contributed by atoms with E-state index in [0.717, 1.165) is 0 Å². The average molecular weight is 483 g/mol. The van der Waals surface area contributed by atoms with Crippen LogP contribution in [0.15, 0.2) is 48.0 Å². The molecule has 1 heterocycles. The van der Waals surface area contributed by atoms with Crippen LogP contribution in [0.3, 0.4) is 0 Å². The topological polar surface area (TPSA) is 88.5 Å². The van der Waals surface area contributed by atoms with Crippen LogP contribution < -0.4 is 14.2 Å². The number of amides is 1. The SMILES string of the molecule is CCOc1ccc(C2/C(=C(/O)c3ccc(OC(C)C)cc3)C(=O)C(=O)N2CCN(C)C)cc1OC. The Morgan fingerprint density at radius 3 is 2.34 bits per heavy atom. The van der Waals surface area contributed by atoms with Crippen LogP contribution in [0.5, 0.6) is 17.2 Å². The predicted molar refractivity (Wildman–Crippen MR) is 134 cm³/mol. The fraction of sp³-hybridized carbons (Fsp3) is 0.407. The molecule has 2 aromatic rings.